The minimum Gasteiger partial charge on any atom is -0.399 e. The Balaban J connectivity index is 2.45. The van der Waals surface area contributed by atoms with E-state index in [1.165, 1.54) is 7.11 Å². The first-order valence-electron chi connectivity index (χ1n) is 3.38. The van der Waals surface area contributed by atoms with Crippen molar-refractivity contribution in [1.29, 1.82) is 0 Å². The van der Waals surface area contributed by atoms with Gasteiger partial charge in [0.15, 0.2) is 0 Å². The van der Waals surface area contributed by atoms with Crippen LogP contribution in [0.25, 0.3) is 0 Å². The molecule has 3 nitrogen and oxygen atoms in total. The summed E-state index contributed by atoms with van der Waals surface area (Å²) in [5.41, 5.74) is 0.994. The van der Waals surface area contributed by atoms with Gasteiger partial charge in [0.25, 0.3) is 0 Å². The maximum absolute atomic E-state index is 4.51. The lowest BCUT2D eigenvalue weighted by Crippen LogP contribution is -1.89. The Bertz CT molecular complexity index is 221. The largest absolute Gasteiger partial charge is 0.399 e. The first-order valence-corrected chi connectivity index (χ1v) is 3.38. The quantitative estimate of drug-likeness (QED) is 0.480. The van der Waals surface area contributed by atoms with Crippen molar-refractivity contribution in [2.75, 3.05) is 7.11 Å². The lowest BCUT2D eigenvalue weighted by molar-refractivity contribution is 0.215. The second-order valence-electron chi connectivity index (χ2n) is 2.00. The average Bonchev–Trinajstić information content (AvgIpc) is 2.07. The van der Waals surface area contributed by atoms with Gasteiger partial charge in [0, 0.05) is 24.5 Å². The average molecular weight is 150 g/mol. The molecule has 0 amide bonds. The topological polar surface area (TPSA) is 34.5 Å². The van der Waals surface area contributed by atoms with Crippen LogP contribution in [0.2, 0.25) is 0 Å². The van der Waals surface area contributed by atoms with Crippen molar-refractivity contribution in [2.45, 2.75) is 6.42 Å². The molecule has 3 heteroatoms. The number of aromatic nitrogens is 1. The van der Waals surface area contributed by atoms with Crippen molar-refractivity contribution in [2.24, 2.45) is 5.16 Å². The van der Waals surface area contributed by atoms with Crippen LogP contribution in [-0.4, -0.2) is 18.3 Å². The third-order valence-electron chi connectivity index (χ3n) is 1.21. The molecule has 0 atom stereocenters. The monoisotopic (exact) mass is 150 g/mol. The molecule has 1 aromatic rings. The molecule has 1 heterocycles. The summed E-state index contributed by atoms with van der Waals surface area (Å²) in [4.78, 5) is 8.61. The maximum Gasteiger partial charge on any atom is 0.106 e. The van der Waals surface area contributed by atoms with Gasteiger partial charge in [-0.15, -0.1) is 0 Å². The Morgan fingerprint density at radius 2 is 2.55 bits per heavy atom. The Morgan fingerprint density at radius 1 is 1.64 bits per heavy atom. The summed E-state index contributed by atoms with van der Waals surface area (Å²) in [6.45, 7) is 0. The zero-order chi connectivity index (χ0) is 7.94. The lowest BCUT2D eigenvalue weighted by atomic mass is 10.3. The second kappa shape index (κ2) is 4.44. The van der Waals surface area contributed by atoms with E-state index in [0.717, 1.165) is 5.69 Å². The van der Waals surface area contributed by atoms with E-state index in [1.54, 1.807) is 12.4 Å². The molecule has 0 spiro atoms. The van der Waals surface area contributed by atoms with Crippen molar-refractivity contribution < 1.29 is 4.84 Å². The molecule has 11 heavy (non-hydrogen) atoms. The summed E-state index contributed by atoms with van der Waals surface area (Å²) in [6.07, 6.45) is 4.16. The molecule has 0 aliphatic carbocycles. The predicted octanol–water partition coefficient (Wildman–Crippen LogP) is 1.26. The molecular formula is C8H10N2O. The molecule has 0 aliphatic heterocycles. The standard InChI is InChI=1S/C8H10N2O/c1-11-10-7-5-8-4-2-3-6-9-8/h2-4,6-7H,5H2,1H3/b10-7+. The lowest BCUT2D eigenvalue weighted by Gasteiger charge is -1.91. The van der Waals surface area contributed by atoms with Gasteiger partial charge in [-0.1, -0.05) is 11.2 Å². The molecule has 0 aromatic carbocycles. The van der Waals surface area contributed by atoms with Crippen LogP contribution in [0.3, 0.4) is 0 Å². The fourth-order valence-electron chi connectivity index (χ4n) is 0.724. The Morgan fingerprint density at radius 3 is 3.18 bits per heavy atom. The number of hydrogen-bond acceptors (Lipinski definition) is 3. The third kappa shape index (κ3) is 2.80. The summed E-state index contributed by atoms with van der Waals surface area (Å²) < 4.78 is 0. The molecule has 58 valence electrons. The van der Waals surface area contributed by atoms with Gasteiger partial charge < -0.3 is 4.84 Å². The smallest absolute Gasteiger partial charge is 0.106 e. The van der Waals surface area contributed by atoms with Crippen molar-refractivity contribution in [3.05, 3.63) is 30.1 Å². The number of oxime groups is 1. The van der Waals surface area contributed by atoms with E-state index in [4.69, 9.17) is 0 Å². The van der Waals surface area contributed by atoms with E-state index in [-0.39, 0.29) is 0 Å². The van der Waals surface area contributed by atoms with E-state index in [0.29, 0.717) is 6.42 Å². The first kappa shape index (κ1) is 7.72. The highest BCUT2D eigenvalue weighted by Crippen LogP contribution is 1.91. The summed E-state index contributed by atoms with van der Waals surface area (Å²) in [7, 11) is 1.52. The summed E-state index contributed by atoms with van der Waals surface area (Å²) in [5.74, 6) is 0. The van der Waals surface area contributed by atoms with Crippen LogP contribution in [0.5, 0.6) is 0 Å². The predicted molar refractivity (Wildman–Crippen MR) is 43.4 cm³/mol. The van der Waals surface area contributed by atoms with E-state index >= 15 is 0 Å². The van der Waals surface area contributed by atoms with Gasteiger partial charge in [0.05, 0.1) is 0 Å². The van der Waals surface area contributed by atoms with Gasteiger partial charge in [-0.2, -0.15) is 0 Å². The van der Waals surface area contributed by atoms with Gasteiger partial charge >= 0.3 is 0 Å². The van der Waals surface area contributed by atoms with Gasteiger partial charge in [-0.05, 0) is 12.1 Å². The Hall–Kier alpha value is -1.38. The zero-order valence-electron chi connectivity index (χ0n) is 6.40. The summed E-state index contributed by atoms with van der Waals surface area (Å²) in [5, 5.41) is 3.60. The minimum absolute atomic E-state index is 0.717. The zero-order valence-corrected chi connectivity index (χ0v) is 6.40. The molecule has 0 saturated carbocycles. The molecular weight excluding hydrogens is 140 g/mol. The van der Waals surface area contributed by atoms with Crippen LogP contribution >= 0.6 is 0 Å². The molecule has 1 aromatic heterocycles. The highest BCUT2D eigenvalue weighted by atomic mass is 16.6. The van der Waals surface area contributed by atoms with Crippen molar-refractivity contribution >= 4 is 6.21 Å². The van der Waals surface area contributed by atoms with E-state index in [1.807, 2.05) is 18.2 Å². The van der Waals surface area contributed by atoms with Crippen LogP contribution < -0.4 is 0 Å². The maximum atomic E-state index is 4.51. The molecule has 0 N–H and O–H groups in total. The number of pyridine rings is 1. The van der Waals surface area contributed by atoms with Crippen molar-refractivity contribution in [1.82, 2.24) is 4.98 Å². The first-order chi connectivity index (χ1) is 5.43. The SMILES string of the molecule is CO/N=C/Cc1ccccn1. The fourth-order valence-corrected chi connectivity index (χ4v) is 0.724. The molecule has 0 fully saturated rings. The molecule has 0 aliphatic rings. The van der Waals surface area contributed by atoms with Crippen LogP contribution in [0, 0.1) is 0 Å². The summed E-state index contributed by atoms with van der Waals surface area (Å²) >= 11 is 0. The third-order valence-corrected chi connectivity index (χ3v) is 1.21. The Kier molecular flexibility index (Phi) is 3.12. The van der Waals surface area contributed by atoms with E-state index in [9.17, 15) is 0 Å². The van der Waals surface area contributed by atoms with Gasteiger partial charge in [0.1, 0.15) is 7.11 Å². The number of hydrogen-bond donors (Lipinski definition) is 0. The molecule has 0 saturated heterocycles. The highest BCUT2D eigenvalue weighted by molar-refractivity contribution is 5.59. The van der Waals surface area contributed by atoms with E-state index < -0.39 is 0 Å². The van der Waals surface area contributed by atoms with Crippen molar-refractivity contribution in [3.8, 4) is 0 Å². The number of rotatable bonds is 3. The van der Waals surface area contributed by atoms with Gasteiger partial charge in [0.2, 0.25) is 0 Å². The highest BCUT2D eigenvalue weighted by Gasteiger charge is 1.86. The number of nitrogens with zero attached hydrogens (tertiary/aromatic N) is 2. The molecule has 0 unspecified atom stereocenters. The minimum atomic E-state index is 0.717. The van der Waals surface area contributed by atoms with Crippen LogP contribution in [0.4, 0.5) is 0 Å². The normalized spacial score (nSPS) is 10.3. The second-order valence-corrected chi connectivity index (χ2v) is 2.00. The molecule has 0 radical (unpaired) electrons. The van der Waals surface area contributed by atoms with Crippen LogP contribution in [0.1, 0.15) is 5.69 Å². The van der Waals surface area contributed by atoms with Crippen LogP contribution in [-0.2, 0) is 11.3 Å². The fraction of sp³-hybridized carbons (Fsp3) is 0.250. The van der Waals surface area contributed by atoms with Gasteiger partial charge in [-0.3, -0.25) is 4.98 Å². The van der Waals surface area contributed by atoms with E-state index in [2.05, 4.69) is 15.0 Å². The van der Waals surface area contributed by atoms with Crippen LogP contribution in [0.15, 0.2) is 29.6 Å². The van der Waals surface area contributed by atoms with Crippen molar-refractivity contribution in [3.63, 3.8) is 0 Å². The Labute approximate surface area is 65.7 Å². The summed E-state index contributed by atoms with van der Waals surface area (Å²) in [6, 6.07) is 5.78. The molecule has 1 rings (SSSR count). The molecule has 0 bridgehead atoms. The van der Waals surface area contributed by atoms with Gasteiger partial charge in [-0.25, -0.2) is 0 Å².